The third-order valence-corrected chi connectivity index (χ3v) is 5.16. The van der Waals surface area contributed by atoms with Crippen LogP contribution in [0.5, 0.6) is 11.5 Å². The number of benzene rings is 2. The molecule has 28 heavy (non-hydrogen) atoms. The van der Waals surface area contributed by atoms with E-state index in [2.05, 4.69) is 5.32 Å². The third kappa shape index (κ3) is 3.27. The number of aliphatic hydroxyl groups excluding tert-OH is 1. The Kier molecular flexibility index (Phi) is 4.87. The lowest BCUT2D eigenvalue weighted by atomic mass is 9.84. The third-order valence-electron chi connectivity index (χ3n) is 4.91. The number of nitrogens with zero attached hydrogens (tertiary/aromatic N) is 1. The highest BCUT2D eigenvalue weighted by Gasteiger charge is 2.55. The minimum absolute atomic E-state index is 0.0641. The van der Waals surface area contributed by atoms with Gasteiger partial charge in [-0.25, -0.2) is 4.79 Å². The molecule has 0 saturated carbocycles. The van der Waals surface area contributed by atoms with Gasteiger partial charge in [0.15, 0.2) is 5.54 Å². The molecule has 1 saturated heterocycles. The Bertz CT molecular complexity index is 904. The first kappa shape index (κ1) is 18.6. The van der Waals surface area contributed by atoms with Crippen LogP contribution in [-0.4, -0.2) is 47.8 Å². The number of aliphatic hydroxyl groups is 1. The molecule has 2 aliphatic rings. The zero-order chi connectivity index (χ0) is 19.7. The van der Waals surface area contributed by atoms with Crippen molar-refractivity contribution in [3.63, 3.8) is 0 Å². The molecule has 4 rings (SSSR count). The van der Waals surface area contributed by atoms with Crippen molar-refractivity contribution in [3.8, 4) is 11.5 Å². The number of hydrogen-bond acceptors (Lipinski definition) is 5. The van der Waals surface area contributed by atoms with Gasteiger partial charge in [0.1, 0.15) is 24.2 Å². The van der Waals surface area contributed by atoms with Crippen LogP contribution in [0.25, 0.3) is 0 Å². The molecule has 1 fully saturated rings. The van der Waals surface area contributed by atoms with Crippen molar-refractivity contribution in [3.05, 3.63) is 59.1 Å². The molecule has 0 unspecified atom stereocenters. The second-order valence-corrected chi connectivity index (χ2v) is 7.20. The predicted molar refractivity (Wildman–Crippen MR) is 101 cm³/mol. The van der Waals surface area contributed by atoms with E-state index in [0.29, 0.717) is 35.1 Å². The van der Waals surface area contributed by atoms with Crippen molar-refractivity contribution in [2.75, 3.05) is 19.8 Å². The number of halogens is 1. The molecule has 0 radical (unpaired) electrons. The normalized spacial score (nSPS) is 21.9. The Morgan fingerprint density at radius 1 is 1.21 bits per heavy atom. The lowest BCUT2D eigenvalue weighted by molar-refractivity contribution is -0.133. The molecule has 3 amide bonds. The Labute approximate surface area is 166 Å². The lowest BCUT2D eigenvalue weighted by Crippen LogP contribution is -2.48. The van der Waals surface area contributed by atoms with Crippen LogP contribution in [0.3, 0.4) is 0 Å². The zero-order valence-corrected chi connectivity index (χ0v) is 15.7. The quantitative estimate of drug-likeness (QED) is 0.749. The van der Waals surface area contributed by atoms with Gasteiger partial charge in [-0.1, -0.05) is 29.8 Å². The molecule has 1 spiro atoms. The molecule has 2 aromatic rings. The van der Waals surface area contributed by atoms with Gasteiger partial charge in [0.05, 0.1) is 13.2 Å². The largest absolute Gasteiger partial charge is 0.493 e. The molecule has 8 heteroatoms. The molecule has 2 atom stereocenters. The second-order valence-electron chi connectivity index (χ2n) is 6.76. The van der Waals surface area contributed by atoms with Crippen LogP contribution in [0.15, 0.2) is 48.5 Å². The molecule has 0 bridgehead atoms. The molecule has 0 aromatic heterocycles. The smallest absolute Gasteiger partial charge is 0.325 e. The highest BCUT2D eigenvalue weighted by molar-refractivity contribution is 6.30. The van der Waals surface area contributed by atoms with Gasteiger partial charge < -0.3 is 19.9 Å². The predicted octanol–water partition coefficient (Wildman–Crippen LogP) is 2.31. The standard InChI is InChI=1S/C20H19ClN2O5/c21-13-5-7-15(8-6-13)28-12-14(24)11-23-18(25)20(22-19(23)26)9-10-27-17-4-2-1-3-16(17)20/h1-8,14,24H,9-12H2,(H,22,26)/t14-,20+/m1/s1. The summed E-state index contributed by atoms with van der Waals surface area (Å²) in [7, 11) is 0. The van der Waals surface area contributed by atoms with Crippen molar-refractivity contribution >= 4 is 23.5 Å². The fourth-order valence-corrected chi connectivity index (χ4v) is 3.65. The summed E-state index contributed by atoms with van der Waals surface area (Å²) in [5.74, 6) is 0.727. The van der Waals surface area contributed by atoms with Gasteiger partial charge in [-0.2, -0.15) is 0 Å². The summed E-state index contributed by atoms with van der Waals surface area (Å²) in [5, 5.41) is 13.7. The Hall–Kier alpha value is -2.77. The molecular formula is C20H19ClN2O5. The summed E-state index contributed by atoms with van der Waals surface area (Å²) in [6, 6.07) is 13.3. The lowest BCUT2D eigenvalue weighted by Gasteiger charge is -2.33. The average Bonchev–Trinajstić information content (AvgIpc) is 2.93. The monoisotopic (exact) mass is 402 g/mol. The van der Waals surface area contributed by atoms with E-state index in [9.17, 15) is 14.7 Å². The first-order valence-electron chi connectivity index (χ1n) is 8.92. The maximum Gasteiger partial charge on any atom is 0.325 e. The van der Waals surface area contributed by atoms with Gasteiger partial charge in [0.25, 0.3) is 5.91 Å². The van der Waals surface area contributed by atoms with Crippen LogP contribution in [0, 0.1) is 0 Å². The van der Waals surface area contributed by atoms with Crippen LogP contribution in [0.1, 0.15) is 12.0 Å². The topological polar surface area (TPSA) is 88.1 Å². The maximum absolute atomic E-state index is 13.1. The Morgan fingerprint density at radius 2 is 1.96 bits per heavy atom. The van der Waals surface area contributed by atoms with Crippen molar-refractivity contribution < 1.29 is 24.2 Å². The summed E-state index contributed by atoms with van der Waals surface area (Å²) in [6.07, 6.45) is -0.696. The van der Waals surface area contributed by atoms with Gasteiger partial charge in [0.2, 0.25) is 0 Å². The minimum atomic E-state index is -1.15. The molecule has 2 heterocycles. The Morgan fingerprint density at radius 3 is 2.75 bits per heavy atom. The number of para-hydroxylation sites is 1. The number of urea groups is 1. The number of fused-ring (bicyclic) bond motifs is 2. The van der Waals surface area contributed by atoms with Crippen molar-refractivity contribution in [1.82, 2.24) is 10.2 Å². The number of carbonyl (C=O) groups is 2. The summed E-state index contributed by atoms with van der Waals surface area (Å²) in [5.41, 5.74) is -0.517. The number of imide groups is 1. The Balaban J connectivity index is 1.45. The molecule has 146 valence electrons. The number of carbonyl (C=O) groups excluding carboxylic acids is 2. The fourth-order valence-electron chi connectivity index (χ4n) is 3.52. The molecule has 2 aliphatic heterocycles. The first-order valence-corrected chi connectivity index (χ1v) is 9.30. The molecular weight excluding hydrogens is 384 g/mol. The van der Waals surface area contributed by atoms with Gasteiger partial charge in [-0.3, -0.25) is 9.69 Å². The SMILES string of the molecule is O=C1N[C@]2(CCOc3ccccc32)C(=O)N1C[C@@H](O)COc1ccc(Cl)cc1. The minimum Gasteiger partial charge on any atom is -0.493 e. The summed E-state index contributed by atoms with van der Waals surface area (Å²) in [6.45, 7) is 0.0908. The summed E-state index contributed by atoms with van der Waals surface area (Å²) in [4.78, 5) is 26.7. The maximum atomic E-state index is 13.1. The molecule has 2 N–H and O–H groups in total. The van der Waals surface area contributed by atoms with Crippen molar-refractivity contribution in [2.45, 2.75) is 18.1 Å². The number of amides is 3. The van der Waals surface area contributed by atoms with Crippen LogP contribution < -0.4 is 14.8 Å². The van der Waals surface area contributed by atoms with E-state index in [1.165, 1.54) is 0 Å². The van der Waals surface area contributed by atoms with Gasteiger partial charge >= 0.3 is 6.03 Å². The van der Waals surface area contributed by atoms with Crippen molar-refractivity contribution in [1.29, 1.82) is 0 Å². The summed E-state index contributed by atoms with van der Waals surface area (Å²) >= 11 is 5.82. The molecule has 7 nitrogen and oxygen atoms in total. The van der Waals surface area contributed by atoms with Crippen LogP contribution in [0.2, 0.25) is 5.02 Å². The van der Waals surface area contributed by atoms with Crippen molar-refractivity contribution in [2.24, 2.45) is 0 Å². The van der Waals surface area contributed by atoms with E-state index < -0.39 is 23.6 Å². The molecule has 2 aromatic carbocycles. The number of ether oxygens (including phenoxy) is 2. The van der Waals surface area contributed by atoms with Crippen LogP contribution in [0.4, 0.5) is 4.79 Å². The highest BCUT2D eigenvalue weighted by Crippen LogP contribution is 2.40. The average molecular weight is 403 g/mol. The van der Waals surface area contributed by atoms with Gasteiger partial charge in [0, 0.05) is 17.0 Å². The van der Waals surface area contributed by atoms with E-state index in [4.69, 9.17) is 21.1 Å². The number of hydrogen-bond donors (Lipinski definition) is 2. The fraction of sp³-hybridized carbons (Fsp3) is 0.300. The van der Waals surface area contributed by atoms with E-state index in [1.54, 1.807) is 42.5 Å². The van der Waals surface area contributed by atoms with E-state index >= 15 is 0 Å². The van der Waals surface area contributed by atoms with Crippen LogP contribution >= 0.6 is 11.6 Å². The van der Waals surface area contributed by atoms with E-state index in [1.807, 2.05) is 6.07 Å². The van der Waals surface area contributed by atoms with Gasteiger partial charge in [-0.05, 0) is 30.3 Å². The summed E-state index contributed by atoms with van der Waals surface area (Å²) < 4.78 is 11.1. The van der Waals surface area contributed by atoms with Gasteiger partial charge in [-0.15, -0.1) is 0 Å². The van der Waals surface area contributed by atoms with E-state index in [0.717, 1.165) is 4.90 Å². The number of nitrogens with one attached hydrogen (secondary N) is 1. The number of rotatable bonds is 5. The van der Waals surface area contributed by atoms with E-state index in [-0.39, 0.29) is 13.2 Å². The zero-order valence-electron chi connectivity index (χ0n) is 14.9. The van der Waals surface area contributed by atoms with Crippen LogP contribution in [-0.2, 0) is 10.3 Å². The second kappa shape index (κ2) is 7.33. The molecule has 0 aliphatic carbocycles. The first-order chi connectivity index (χ1) is 13.5. The highest BCUT2D eigenvalue weighted by atomic mass is 35.5. The number of β-amino-alcohol motifs (C(OH)–C–C–N with tert-alkyl or cyclic N) is 1.